The van der Waals surface area contributed by atoms with E-state index in [1.54, 1.807) is 13.0 Å². The number of rotatable bonds is 5. The quantitative estimate of drug-likeness (QED) is 0.751. The number of hydrogen-bond acceptors (Lipinski definition) is 3. The smallest absolute Gasteiger partial charge is 0.218 e. The van der Waals surface area contributed by atoms with Crippen molar-refractivity contribution in [3.05, 3.63) is 53.4 Å². The summed E-state index contributed by atoms with van der Waals surface area (Å²) in [4.78, 5) is 12.2. The van der Waals surface area contributed by atoms with E-state index in [0.29, 0.717) is 18.1 Å². The van der Waals surface area contributed by atoms with Crippen LogP contribution < -0.4 is 0 Å². The van der Waals surface area contributed by atoms with E-state index in [-0.39, 0.29) is 5.28 Å². The lowest BCUT2D eigenvalue weighted by Gasteiger charge is -2.01. The van der Waals surface area contributed by atoms with Crippen LogP contribution in [0.1, 0.15) is 25.0 Å². The lowest BCUT2D eigenvalue weighted by atomic mass is 10.1. The maximum absolute atomic E-state index is 5.78. The minimum atomic E-state index is 0.236. The first-order valence-electron chi connectivity index (χ1n) is 5.51. The molecular weight excluding hydrogens is 234 g/mol. The first-order valence-corrected chi connectivity index (χ1v) is 5.88. The first kappa shape index (κ1) is 13.6. The normalized spacial score (nSPS) is 12.1. The molecule has 0 spiro atoms. The molecule has 0 aliphatic carbocycles. The van der Waals surface area contributed by atoms with Crippen molar-refractivity contribution in [2.75, 3.05) is 0 Å². The molecule has 1 heterocycles. The van der Waals surface area contributed by atoms with Crippen LogP contribution in [0.4, 0.5) is 0 Å². The zero-order chi connectivity index (χ0) is 12.7. The fourth-order valence-electron chi connectivity index (χ4n) is 1.29. The third kappa shape index (κ3) is 4.91. The van der Waals surface area contributed by atoms with Gasteiger partial charge in [0.2, 0.25) is 5.28 Å². The molecule has 0 aliphatic heterocycles. The molecule has 1 aromatic rings. The molecular formula is C13H16ClN3. The standard InChI is InChI=1S/C13H16ClN3/c1-4-6-7-8-11(5-2)9-12-15-10(3)16-13(14)17-12/h5-8H,2,4,9H2,1,3H3/b7-6-,11-8+. The summed E-state index contributed by atoms with van der Waals surface area (Å²) < 4.78 is 0. The van der Waals surface area contributed by atoms with Gasteiger partial charge in [-0.1, -0.05) is 37.8 Å². The van der Waals surface area contributed by atoms with Crippen molar-refractivity contribution in [2.45, 2.75) is 26.7 Å². The van der Waals surface area contributed by atoms with Gasteiger partial charge in [0.15, 0.2) is 0 Å². The molecule has 0 unspecified atom stereocenters. The Morgan fingerprint density at radius 3 is 2.71 bits per heavy atom. The highest BCUT2D eigenvalue weighted by Crippen LogP contribution is 2.08. The van der Waals surface area contributed by atoms with Crippen molar-refractivity contribution in [3.8, 4) is 0 Å². The van der Waals surface area contributed by atoms with Crippen LogP contribution in [-0.4, -0.2) is 15.0 Å². The van der Waals surface area contributed by atoms with E-state index in [0.717, 1.165) is 12.0 Å². The molecule has 0 aliphatic rings. The Morgan fingerprint density at radius 1 is 1.35 bits per heavy atom. The van der Waals surface area contributed by atoms with Crippen LogP contribution in [0.15, 0.2) is 36.5 Å². The number of halogens is 1. The molecule has 1 aromatic heterocycles. The van der Waals surface area contributed by atoms with E-state index in [1.165, 1.54) is 0 Å². The van der Waals surface area contributed by atoms with Crippen LogP contribution in [0.25, 0.3) is 0 Å². The summed E-state index contributed by atoms with van der Waals surface area (Å²) in [6.07, 6.45) is 9.51. The van der Waals surface area contributed by atoms with Crippen LogP contribution in [0.2, 0.25) is 5.28 Å². The topological polar surface area (TPSA) is 38.7 Å². The Kier molecular flexibility index (Phi) is 5.57. The Hall–Kier alpha value is -1.48. The Morgan fingerprint density at radius 2 is 2.12 bits per heavy atom. The number of hydrogen-bond donors (Lipinski definition) is 0. The molecule has 4 heteroatoms. The second-order valence-electron chi connectivity index (χ2n) is 3.53. The highest BCUT2D eigenvalue weighted by Gasteiger charge is 2.03. The SMILES string of the molecule is C=C/C(=C\C=C/CC)Cc1nc(C)nc(Cl)n1. The minimum Gasteiger partial charge on any atom is -0.218 e. The Balaban J connectivity index is 2.83. The Labute approximate surface area is 107 Å². The molecule has 0 amide bonds. The molecule has 1 rings (SSSR count). The van der Waals surface area contributed by atoms with Gasteiger partial charge >= 0.3 is 0 Å². The molecule has 0 N–H and O–H groups in total. The van der Waals surface area contributed by atoms with Gasteiger partial charge in [0.25, 0.3) is 0 Å². The lowest BCUT2D eigenvalue weighted by Crippen LogP contribution is -2.01. The number of nitrogens with zero attached hydrogens (tertiary/aromatic N) is 3. The van der Waals surface area contributed by atoms with Gasteiger partial charge in [0.1, 0.15) is 11.6 Å². The number of aryl methyl sites for hydroxylation is 1. The van der Waals surface area contributed by atoms with E-state index < -0.39 is 0 Å². The van der Waals surface area contributed by atoms with Crippen LogP contribution in [0.3, 0.4) is 0 Å². The van der Waals surface area contributed by atoms with Gasteiger partial charge < -0.3 is 0 Å². The minimum absolute atomic E-state index is 0.236. The number of aromatic nitrogens is 3. The first-order chi connectivity index (χ1) is 8.15. The van der Waals surface area contributed by atoms with Crippen LogP contribution in [-0.2, 0) is 6.42 Å². The second kappa shape index (κ2) is 6.97. The van der Waals surface area contributed by atoms with E-state index >= 15 is 0 Å². The van der Waals surface area contributed by atoms with Gasteiger partial charge in [-0.15, -0.1) is 0 Å². The number of allylic oxidation sites excluding steroid dienone is 5. The van der Waals surface area contributed by atoms with Gasteiger partial charge in [-0.05, 0) is 30.5 Å². The largest absolute Gasteiger partial charge is 0.225 e. The zero-order valence-corrected chi connectivity index (χ0v) is 10.9. The average Bonchev–Trinajstić information content (AvgIpc) is 2.26. The van der Waals surface area contributed by atoms with Crippen molar-refractivity contribution < 1.29 is 0 Å². The van der Waals surface area contributed by atoms with Gasteiger partial charge in [-0.25, -0.2) is 15.0 Å². The van der Waals surface area contributed by atoms with Crippen molar-refractivity contribution in [1.82, 2.24) is 15.0 Å². The monoisotopic (exact) mass is 249 g/mol. The summed E-state index contributed by atoms with van der Waals surface area (Å²) in [7, 11) is 0. The summed E-state index contributed by atoms with van der Waals surface area (Å²) in [6, 6.07) is 0. The zero-order valence-electron chi connectivity index (χ0n) is 10.2. The maximum Gasteiger partial charge on any atom is 0.225 e. The highest BCUT2D eigenvalue weighted by atomic mass is 35.5. The predicted octanol–water partition coefficient (Wildman–Crippen LogP) is 3.45. The summed E-state index contributed by atoms with van der Waals surface area (Å²) >= 11 is 5.78. The van der Waals surface area contributed by atoms with Gasteiger partial charge in [-0.3, -0.25) is 0 Å². The lowest BCUT2D eigenvalue weighted by molar-refractivity contribution is 0.879. The van der Waals surface area contributed by atoms with Crippen LogP contribution in [0, 0.1) is 6.92 Å². The fraction of sp³-hybridized carbons (Fsp3) is 0.308. The van der Waals surface area contributed by atoms with E-state index in [1.807, 2.05) is 12.2 Å². The third-order valence-electron chi connectivity index (χ3n) is 2.07. The predicted molar refractivity (Wildman–Crippen MR) is 71.0 cm³/mol. The molecule has 0 saturated carbocycles. The van der Waals surface area contributed by atoms with E-state index in [4.69, 9.17) is 11.6 Å². The summed E-state index contributed by atoms with van der Waals surface area (Å²) in [6.45, 7) is 7.66. The molecule has 0 radical (unpaired) electrons. The maximum atomic E-state index is 5.78. The van der Waals surface area contributed by atoms with E-state index in [2.05, 4.69) is 34.5 Å². The molecule has 90 valence electrons. The van der Waals surface area contributed by atoms with Gasteiger partial charge in [-0.2, -0.15) is 0 Å². The molecule has 0 atom stereocenters. The third-order valence-corrected chi connectivity index (χ3v) is 2.24. The Bertz CT molecular complexity index is 430. The van der Waals surface area contributed by atoms with Crippen molar-refractivity contribution in [2.24, 2.45) is 0 Å². The molecule has 0 fully saturated rings. The van der Waals surface area contributed by atoms with Crippen molar-refractivity contribution in [1.29, 1.82) is 0 Å². The second-order valence-corrected chi connectivity index (χ2v) is 3.86. The van der Waals surface area contributed by atoms with Gasteiger partial charge in [0.05, 0.1) is 0 Å². The summed E-state index contributed by atoms with van der Waals surface area (Å²) in [5.74, 6) is 1.30. The summed E-state index contributed by atoms with van der Waals surface area (Å²) in [5, 5.41) is 0.236. The highest BCUT2D eigenvalue weighted by molar-refractivity contribution is 6.28. The molecule has 3 nitrogen and oxygen atoms in total. The van der Waals surface area contributed by atoms with Crippen molar-refractivity contribution in [3.63, 3.8) is 0 Å². The molecule has 0 bridgehead atoms. The van der Waals surface area contributed by atoms with Gasteiger partial charge in [0, 0.05) is 6.42 Å². The summed E-state index contributed by atoms with van der Waals surface area (Å²) in [5.41, 5.74) is 1.05. The fourth-order valence-corrected chi connectivity index (χ4v) is 1.51. The van der Waals surface area contributed by atoms with Crippen molar-refractivity contribution >= 4 is 11.6 Å². The molecule has 0 saturated heterocycles. The van der Waals surface area contributed by atoms with Crippen LogP contribution in [0.5, 0.6) is 0 Å². The average molecular weight is 250 g/mol. The van der Waals surface area contributed by atoms with E-state index in [9.17, 15) is 0 Å². The van der Waals surface area contributed by atoms with Crippen LogP contribution >= 0.6 is 11.6 Å². The molecule has 0 aromatic carbocycles. The molecule has 17 heavy (non-hydrogen) atoms.